The summed E-state index contributed by atoms with van der Waals surface area (Å²) >= 11 is 0. The Bertz CT molecular complexity index is 831. The molecule has 24 heavy (non-hydrogen) atoms. The average Bonchev–Trinajstić information content (AvgIpc) is 2.55. The molecule has 0 saturated carbocycles. The average molecular weight is 426 g/mol. The number of benzene rings is 1. The zero-order valence-electron chi connectivity index (χ0n) is 13.1. The molecule has 3 rings (SSSR count). The van der Waals surface area contributed by atoms with E-state index < -0.39 is 22.8 Å². The number of carbonyl (C=O) groups is 1. The number of pyridine rings is 1. The molecule has 2 heterocycles. The van der Waals surface area contributed by atoms with Crippen LogP contribution in [-0.4, -0.2) is 36.7 Å². The fourth-order valence-corrected chi connectivity index (χ4v) is 2.95. The summed E-state index contributed by atoms with van der Waals surface area (Å²) in [5.74, 6) is -2.07. The van der Waals surface area contributed by atoms with Gasteiger partial charge < -0.3 is 24.7 Å². The Labute approximate surface area is 153 Å². The molecule has 0 radical (unpaired) electrons. The largest absolute Gasteiger partial charge is 1.00 e. The number of hydrogen-bond acceptors (Lipinski definition) is 5. The van der Waals surface area contributed by atoms with Crippen molar-refractivity contribution in [3.05, 3.63) is 39.9 Å². The molecule has 1 aromatic carbocycles. The van der Waals surface area contributed by atoms with E-state index in [1.165, 1.54) is 6.20 Å². The van der Waals surface area contributed by atoms with Gasteiger partial charge in [0.2, 0.25) is 0 Å². The van der Waals surface area contributed by atoms with Gasteiger partial charge in [0.25, 0.3) is 0 Å². The van der Waals surface area contributed by atoms with Crippen molar-refractivity contribution >= 4 is 22.6 Å². The molecule has 1 fully saturated rings. The van der Waals surface area contributed by atoms with Crippen molar-refractivity contribution in [1.82, 2.24) is 9.88 Å². The maximum absolute atomic E-state index is 14.5. The van der Waals surface area contributed by atoms with Crippen LogP contribution >= 0.6 is 0 Å². The first-order chi connectivity index (χ1) is 11.0. The molecule has 2 aromatic rings. The van der Waals surface area contributed by atoms with E-state index in [0.717, 1.165) is 19.2 Å². The van der Waals surface area contributed by atoms with Crippen LogP contribution in [0.3, 0.4) is 0 Å². The van der Waals surface area contributed by atoms with Crippen LogP contribution in [0.2, 0.25) is 0 Å². The first-order valence-corrected chi connectivity index (χ1v) is 7.56. The molecule has 1 N–H and O–H groups in total. The summed E-state index contributed by atoms with van der Waals surface area (Å²) in [6.45, 7) is 5.18. The molecule has 6 nitrogen and oxygen atoms in total. The second kappa shape index (κ2) is 7.48. The van der Waals surface area contributed by atoms with Crippen LogP contribution in [0.25, 0.3) is 10.9 Å². The SMILES string of the molecule is CCn1cc(C(=O)[O-])c(=O)c2cc(F)c(N3CCNCC3)cc21.[Ag+]. The third-order valence-electron chi connectivity index (χ3n) is 4.17. The third-order valence-corrected chi connectivity index (χ3v) is 4.17. The van der Waals surface area contributed by atoms with Crippen molar-refractivity contribution in [2.45, 2.75) is 13.5 Å². The summed E-state index contributed by atoms with van der Waals surface area (Å²) in [7, 11) is 0. The number of nitrogens with one attached hydrogen (secondary N) is 1. The number of aromatic carboxylic acids is 1. The third kappa shape index (κ3) is 3.25. The molecule has 0 bridgehead atoms. The topological polar surface area (TPSA) is 77.4 Å². The first kappa shape index (κ1) is 18.7. The Hall–Kier alpha value is -1.67. The normalized spacial score (nSPS) is 14.5. The minimum Gasteiger partial charge on any atom is -0.545 e. The van der Waals surface area contributed by atoms with Gasteiger partial charge in [-0.15, -0.1) is 0 Å². The Morgan fingerprint density at radius 1 is 1.33 bits per heavy atom. The fourth-order valence-electron chi connectivity index (χ4n) is 2.95. The van der Waals surface area contributed by atoms with Gasteiger partial charge in [0, 0.05) is 44.3 Å². The van der Waals surface area contributed by atoms with E-state index in [9.17, 15) is 19.1 Å². The van der Waals surface area contributed by atoms with E-state index >= 15 is 0 Å². The van der Waals surface area contributed by atoms with E-state index in [0.29, 0.717) is 30.8 Å². The van der Waals surface area contributed by atoms with E-state index in [-0.39, 0.29) is 27.8 Å². The number of rotatable bonds is 3. The van der Waals surface area contributed by atoms with Gasteiger partial charge in [0.05, 0.1) is 22.7 Å². The first-order valence-electron chi connectivity index (χ1n) is 7.56. The predicted octanol–water partition coefficient (Wildman–Crippen LogP) is -0.0689. The van der Waals surface area contributed by atoms with Crippen molar-refractivity contribution in [2.24, 2.45) is 0 Å². The van der Waals surface area contributed by atoms with Crippen LogP contribution in [-0.2, 0) is 28.9 Å². The number of halogens is 1. The van der Waals surface area contributed by atoms with Crippen molar-refractivity contribution in [3.63, 3.8) is 0 Å². The van der Waals surface area contributed by atoms with E-state index in [1.54, 1.807) is 10.6 Å². The number of anilines is 1. The number of carboxylic acids is 1. The van der Waals surface area contributed by atoms with Gasteiger partial charge in [-0.25, -0.2) is 4.39 Å². The quantitative estimate of drug-likeness (QED) is 0.696. The van der Waals surface area contributed by atoms with Crippen molar-refractivity contribution in [2.75, 3.05) is 31.1 Å². The van der Waals surface area contributed by atoms with Gasteiger partial charge in [-0.3, -0.25) is 4.79 Å². The second-order valence-electron chi connectivity index (χ2n) is 5.50. The van der Waals surface area contributed by atoms with Crippen molar-refractivity contribution in [3.8, 4) is 0 Å². The van der Waals surface area contributed by atoms with Crippen molar-refractivity contribution < 1.29 is 36.7 Å². The molecule has 0 amide bonds. The van der Waals surface area contributed by atoms with Gasteiger partial charge in [-0.05, 0) is 19.1 Å². The van der Waals surface area contributed by atoms with Crippen LogP contribution in [0.15, 0.2) is 23.1 Å². The summed E-state index contributed by atoms with van der Waals surface area (Å²) in [5.41, 5.74) is -0.205. The minimum atomic E-state index is -1.55. The number of fused-ring (bicyclic) bond motifs is 1. The summed E-state index contributed by atoms with van der Waals surface area (Å²) in [4.78, 5) is 25.3. The molecule has 0 spiro atoms. The van der Waals surface area contributed by atoms with Gasteiger partial charge in [0.15, 0.2) is 5.43 Å². The molecule has 1 aliphatic heterocycles. The molecule has 8 heteroatoms. The number of carboxylic acid groups (broad SMARTS) is 1. The van der Waals surface area contributed by atoms with Crippen LogP contribution in [0.1, 0.15) is 17.3 Å². The predicted molar refractivity (Wildman–Crippen MR) is 83.3 cm³/mol. The van der Waals surface area contributed by atoms with Crippen LogP contribution in [0, 0.1) is 5.82 Å². The number of nitrogens with zero attached hydrogens (tertiary/aromatic N) is 2. The van der Waals surface area contributed by atoms with Gasteiger partial charge in [0.1, 0.15) is 5.82 Å². The monoisotopic (exact) mass is 425 g/mol. The zero-order valence-corrected chi connectivity index (χ0v) is 14.5. The van der Waals surface area contributed by atoms with Crippen LogP contribution in [0.4, 0.5) is 10.1 Å². The van der Waals surface area contributed by atoms with E-state index in [1.807, 2.05) is 11.8 Å². The van der Waals surface area contributed by atoms with Gasteiger partial charge in [-0.1, -0.05) is 0 Å². The fraction of sp³-hybridized carbons (Fsp3) is 0.375. The Morgan fingerprint density at radius 3 is 2.58 bits per heavy atom. The maximum Gasteiger partial charge on any atom is 1.00 e. The van der Waals surface area contributed by atoms with Crippen LogP contribution in [0.5, 0.6) is 0 Å². The second-order valence-corrected chi connectivity index (χ2v) is 5.50. The molecule has 0 aliphatic carbocycles. The summed E-state index contributed by atoms with van der Waals surface area (Å²) in [6, 6.07) is 2.76. The number of piperazine rings is 1. The molecule has 0 atom stereocenters. The molecule has 0 unspecified atom stereocenters. The van der Waals surface area contributed by atoms with E-state index in [4.69, 9.17) is 0 Å². The van der Waals surface area contributed by atoms with Gasteiger partial charge in [-0.2, -0.15) is 0 Å². The number of aromatic nitrogens is 1. The van der Waals surface area contributed by atoms with Crippen molar-refractivity contribution in [1.29, 1.82) is 0 Å². The smallest absolute Gasteiger partial charge is 0.545 e. The standard InChI is InChI=1S/C16H18FN3O3.Ag/c1-2-19-9-11(16(22)23)15(21)10-7-12(17)14(8-13(10)19)20-5-3-18-4-6-20;/h7-9,18H,2-6H2,1H3,(H,22,23);/q;+1/p-1. The Kier molecular flexibility index (Phi) is 5.82. The van der Waals surface area contributed by atoms with E-state index in [2.05, 4.69) is 5.32 Å². The Balaban J connectivity index is 0.00000208. The molecule has 132 valence electrons. The Morgan fingerprint density at radius 2 is 2.00 bits per heavy atom. The minimum absolute atomic E-state index is 0. The summed E-state index contributed by atoms with van der Waals surface area (Å²) in [6.07, 6.45) is 1.26. The summed E-state index contributed by atoms with van der Waals surface area (Å²) < 4.78 is 16.1. The number of carbonyl (C=O) groups excluding carboxylic acids is 1. The number of aryl methyl sites for hydroxylation is 1. The molecule has 1 saturated heterocycles. The zero-order chi connectivity index (χ0) is 16.6. The molecule has 1 aromatic heterocycles. The maximum atomic E-state index is 14.5. The van der Waals surface area contributed by atoms with Gasteiger partial charge >= 0.3 is 22.4 Å². The number of hydrogen-bond donors (Lipinski definition) is 1. The molecular formula is C16H17AgFN3O3. The molecular weight excluding hydrogens is 409 g/mol. The molecule has 1 aliphatic rings. The van der Waals surface area contributed by atoms with Crippen LogP contribution < -0.4 is 20.8 Å². The summed E-state index contributed by atoms with van der Waals surface area (Å²) in [5, 5.41) is 14.4.